The third kappa shape index (κ3) is 18.7. The average Bonchev–Trinajstić information content (AvgIpc) is 3.19. The van der Waals surface area contributed by atoms with E-state index in [9.17, 15) is 53.7 Å². The van der Waals surface area contributed by atoms with Crippen LogP contribution in [0.25, 0.3) is 0 Å². The number of unbranched alkanes of at least 4 members (excludes halogenated alkanes) is 1. The minimum atomic E-state index is -1.64. The van der Waals surface area contributed by atoms with E-state index >= 15 is 0 Å². The number of benzene rings is 1. The third-order valence-corrected chi connectivity index (χ3v) is 9.93. The Kier molecular flexibility index (Phi) is 22.6. The lowest BCUT2D eigenvalue weighted by molar-refractivity contribution is -0.143. The molecular formula is C40H65N9O11. The molecule has 0 aliphatic carbocycles. The predicted octanol–water partition coefficient (Wildman–Crippen LogP) is -1.70. The number of aliphatic hydroxyl groups is 1. The maximum Gasteiger partial charge on any atom is 0.326 e. The molecule has 0 bridgehead atoms. The molecule has 0 saturated carbocycles. The van der Waals surface area contributed by atoms with Crippen LogP contribution < -0.4 is 48.7 Å². The first-order valence-electron chi connectivity index (χ1n) is 20.6. The Balaban J connectivity index is 2.38. The molecule has 60 heavy (non-hydrogen) atoms. The van der Waals surface area contributed by atoms with Crippen LogP contribution in [0.4, 0.5) is 0 Å². The summed E-state index contributed by atoms with van der Waals surface area (Å²) in [5, 5.41) is 48.2. The van der Waals surface area contributed by atoms with Crippen molar-refractivity contribution in [2.75, 3.05) is 19.6 Å². The standard InChI is InChI=1S/C40H65N9O11/c1-23(2)33(40(59)60)48-37(56)30-12-6-9-21-44-32(53)18-17-31(52)43-20-8-5-11-29(38(57)49-34(24(3)50)39(58)47-30)46-36(55)28(10-4-7-19-41)45-35(54)27(42)22-25-13-15-26(51)16-14-25/h13-16,23-24,27-30,33-34,50-51H,4-12,17-22,41-42H2,1-3H3,(H,43,52)(H,44,53)(H,45,54)(H,46,55)(H,47,58)(H,48,56)(H,49,57)(H,59,60)/t24-,27+,28+,29+,30?,33+,34?/m1/s1. The molecule has 7 atom stereocenters. The molecule has 1 aromatic rings. The number of carbonyl (C=O) groups excluding carboxylic acids is 7. The molecule has 14 N–H and O–H groups in total. The number of aromatic hydroxyl groups is 1. The molecule has 0 radical (unpaired) electrons. The molecule has 7 amide bonds. The van der Waals surface area contributed by atoms with Crippen molar-refractivity contribution >= 4 is 47.3 Å². The van der Waals surface area contributed by atoms with Crippen molar-refractivity contribution < 1.29 is 53.7 Å². The van der Waals surface area contributed by atoms with Gasteiger partial charge in [0, 0.05) is 25.9 Å². The lowest BCUT2D eigenvalue weighted by atomic mass is 10.0. The van der Waals surface area contributed by atoms with Crippen LogP contribution >= 0.6 is 0 Å². The van der Waals surface area contributed by atoms with Crippen molar-refractivity contribution in [2.45, 2.75) is 140 Å². The van der Waals surface area contributed by atoms with E-state index in [4.69, 9.17) is 11.5 Å². The number of phenolic OH excluding ortho intramolecular Hbond substituents is 1. The number of carbonyl (C=O) groups is 8. The second-order valence-electron chi connectivity index (χ2n) is 15.4. The summed E-state index contributed by atoms with van der Waals surface area (Å²) in [5.41, 5.74) is 12.5. The molecule has 336 valence electrons. The number of nitrogens with one attached hydrogen (secondary N) is 7. The van der Waals surface area contributed by atoms with Gasteiger partial charge in [0.1, 0.15) is 36.0 Å². The largest absolute Gasteiger partial charge is 0.508 e. The molecular weight excluding hydrogens is 782 g/mol. The summed E-state index contributed by atoms with van der Waals surface area (Å²) < 4.78 is 0. The zero-order valence-electron chi connectivity index (χ0n) is 34.8. The summed E-state index contributed by atoms with van der Waals surface area (Å²) in [6.45, 7) is 5.15. The van der Waals surface area contributed by atoms with Crippen molar-refractivity contribution in [1.29, 1.82) is 0 Å². The lowest BCUT2D eigenvalue weighted by Gasteiger charge is -2.28. The van der Waals surface area contributed by atoms with E-state index in [-0.39, 0.29) is 82.0 Å². The molecule has 1 heterocycles. The fourth-order valence-electron chi connectivity index (χ4n) is 6.32. The topological polar surface area (TPSA) is 334 Å². The van der Waals surface area contributed by atoms with Crippen LogP contribution in [0.5, 0.6) is 5.75 Å². The molecule has 2 unspecified atom stereocenters. The highest BCUT2D eigenvalue weighted by Crippen LogP contribution is 2.13. The second-order valence-corrected chi connectivity index (χ2v) is 15.4. The molecule has 20 heteroatoms. The van der Waals surface area contributed by atoms with Crippen molar-refractivity contribution in [3.8, 4) is 5.75 Å². The Bertz CT molecular complexity index is 1590. The molecule has 2 rings (SSSR count). The molecule has 1 aliphatic rings. The highest BCUT2D eigenvalue weighted by molar-refractivity contribution is 5.96. The van der Waals surface area contributed by atoms with Crippen LogP contribution in [0.15, 0.2) is 24.3 Å². The van der Waals surface area contributed by atoms with Crippen molar-refractivity contribution in [3.63, 3.8) is 0 Å². The van der Waals surface area contributed by atoms with Gasteiger partial charge < -0.3 is 64.0 Å². The summed E-state index contributed by atoms with van der Waals surface area (Å²) in [6.07, 6.45) is 0.797. The molecule has 1 aromatic carbocycles. The highest BCUT2D eigenvalue weighted by Gasteiger charge is 2.35. The van der Waals surface area contributed by atoms with Crippen LogP contribution in [-0.4, -0.2) is 125 Å². The molecule has 1 saturated heterocycles. The van der Waals surface area contributed by atoms with Gasteiger partial charge in [-0.2, -0.15) is 0 Å². The number of carboxylic acid groups (broad SMARTS) is 1. The first-order valence-corrected chi connectivity index (χ1v) is 20.6. The number of hydrogen-bond acceptors (Lipinski definition) is 12. The Morgan fingerprint density at radius 2 is 1.42 bits per heavy atom. The zero-order valence-corrected chi connectivity index (χ0v) is 34.8. The van der Waals surface area contributed by atoms with Gasteiger partial charge in [-0.1, -0.05) is 26.0 Å². The number of carboxylic acids is 1. The van der Waals surface area contributed by atoms with Gasteiger partial charge >= 0.3 is 5.97 Å². The van der Waals surface area contributed by atoms with Crippen molar-refractivity contribution in [3.05, 3.63) is 29.8 Å². The number of aliphatic hydroxyl groups excluding tert-OH is 1. The average molecular weight is 848 g/mol. The summed E-state index contributed by atoms with van der Waals surface area (Å²) in [4.78, 5) is 105. The van der Waals surface area contributed by atoms with Gasteiger partial charge in [-0.05, 0) is 101 Å². The Morgan fingerprint density at radius 1 is 0.817 bits per heavy atom. The van der Waals surface area contributed by atoms with Gasteiger partial charge in [0.05, 0.1) is 12.1 Å². The number of nitrogens with two attached hydrogens (primary N) is 2. The second kappa shape index (κ2) is 26.7. The normalized spacial score (nSPS) is 21.3. The van der Waals surface area contributed by atoms with Crippen LogP contribution in [0.2, 0.25) is 0 Å². The summed E-state index contributed by atoms with van der Waals surface area (Å²) >= 11 is 0. The third-order valence-electron chi connectivity index (χ3n) is 9.93. The fourth-order valence-corrected chi connectivity index (χ4v) is 6.32. The Labute approximate surface area is 350 Å². The van der Waals surface area contributed by atoms with Gasteiger partial charge in [-0.15, -0.1) is 0 Å². The lowest BCUT2D eigenvalue weighted by Crippen LogP contribution is -2.61. The van der Waals surface area contributed by atoms with E-state index in [1.165, 1.54) is 19.1 Å². The minimum Gasteiger partial charge on any atom is -0.508 e. The van der Waals surface area contributed by atoms with Gasteiger partial charge in [0.25, 0.3) is 0 Å². The summed E-state index contributed by atoms with van der Waals surface area (Å²) in [7, 11) is 0. The monoisotopic (exact) mass is 847 g/mol. The number of amides is 7. The minimum absolute atomic E-state index is 0.00466. The summed E-state index contributed by atoms with van der Waals surface area (Å²) in [5.74, 6) is -6.51. The maximum atomic E-state index is 13.9. The quantitative estimate of drug-likeness (QED) is 0.0878. The van der Waals surface area contributed by atoms with E-state index in [1.807, 2.05) is 0 Å². The SMILES string of the molecule is CC(C)[C@H](NC(=O)C1CCCCNC(=O)CCC(=O)NCCCC[C@H](NC(=O)[C@H](CCCCN)NC(=O)[C@@H](N)Cc2ccc(O)cc2)C(=O)NC([C@@H](C)O)C(=O)N1)C(=O)O. The van der Waals surface area contributed by atoms with E-state index in [0.717, 1.165) is 0 Å². The smallest absolute Gasteiger partial charge is 0.326 e. The van der Waals surface area contributed by atoms with Crippen molar-refractivity contribution in [2.24, 2.45) is 17.4 Å². The van der Waals surface area contributed by atoms with Crippen LogP contribution in [0.1, 0.15) is 97.0 Å². The van der Waals surface area contributed by atoms with Gasteiger partial charge in [-0.3, -0.25) is 33.6 Å². The van der Waals surface area contributed by atoms with Crippen LogP contribution in [0, 0.1) is 5.92 Å². The van der Waals surface area contributed by atoms with E-state index in [0.29, 0.717) is 37.8 Å². The molecule has 1 aliphatic heterocycles. The number of hydrogen-bond donors (Lipinski definition) is 12. The van der Waals surface area contributed by atoms with Gasteiger partial charge in [0.15, 0.2) is 0 Å². The van der Waals surface area contributed by atoms with Crippen LogP contribution in [0.3, 0.4) is 0 Å². The van der Waals surface area contributed by atoms with Crippen molar-refractivity contribution in [1.82, 2.24) is 37.2 Å². The van der Waals surface area contributed by atoms with E-state index < -0.39 is 83.8 Å². The molecule has 1 fully saturated rings. The zero-order chi connectivity index (χ0) is 44.8. The maximum absolute atomic E-state index is 13.9. The highest BCUT2D eigenvalue weighted by atomic mass is 16.4. The number of aliphatic carboxylic acids is 1. The molecule has 20 nitrogen and oxygen atoms in total. The summed E-state index contributed by atoms with van der Waals surface area (Å²) in [6, 6.07) is -1.65. The van der Waals surface area contributed by atoms with E-state index in [1.54, 1.807) is 26.0 Å². The Morgan fingerprint density at radius 3 is 1.97 bits per heavy atom. The van der Waals surface area contributed by atoms with Crippen LogP contribution in [-0.2, 0) is 44.8 Å². The number of phenols is 1. The first kappa shape index (κ1) is 50.8. The molecule has 0 spiro atoms. The van der Waals surface area contributed by atoms with Gasteiger partial charge in [0.2, 0.25) is 41.4 Å². The van der Waals surface area contributed by atoms with E-state index in [2.05, 4.69) is 37.2 Å². The fraction of sp³-hybridized carbons (Fsp3) is 0.650. The number of rotatable bonds is 15. The Hall–Kier alpha value is -5.34. The first-order chi connectivity index (χ1) is 28.4. The molecule has 0 aromatic heterocycles. The van der Waals surface area contributed by atoms with Gasteiger partial charge in [-0.25, -0.2) is 4.79 Å². The predicted molar refractivity (Wildman–Crippen MR) is 219 cm³/mol.